The van der Waals surface area contributed by atoms with Gasteiger partial charge in [-0.05, 0) is 69.2 Å². The lowest BCUT2D eigenvalue weighted by Crippen LogP contribution is -2.36. The van der Waals surface area contributed by atoms with Crippen molar-refractivity contribution in [1.82, 2.24) is 5.32 Å². The van der Waals surface area contributed by atoms with Gasteiger partial charge in [0.05, 0.1) is 0 Å². The van der Waals surface area contributed by atoms with Crippen LogP contribution < -0.4 is 10.6 Å². The number of hydrogen-bond donors (Lipinski definition) is 2. The maximum absolute atomic E-state index is 12.4. The van der Waals surface area contributed by atoms with E-state index in [-0.39, 0.29) is 23.7 Å². The Kier molecular flexibility index (Phi) is 5.05. The fraction of sp³-hybridized carbons (Fsp3) is 0.556. The van der Waals surface area contributed by atoms with E-state index in [2.05, 4.69) is 26.6 Å². The first kappa shape index (κ1) is 16.5. The lowest BCUT2D eigenvalue weighted by Gasteiger charge is -2.27. The zero-order valence-corrected chi connectivity index (χ0v) is 15.0. The summed E-state index contributed by atoms with van der Waals surface area (Å²) in [6, 6.07) is 6.24. The van der Waals surface area contributed by atoms with Crippen LogP contribution in [0.25, 0.3) is 0 Å². The van der Waals surface area contributed by atoms with Gasteiger partial charge in [0.15, 0.2) is 0 Å². The van der Waals surface area contributed by atoms with E-state index < -0.39 is 0 Å². The number of aryl methyl sites for hydroxylation is 1. The van der Waals surface area contributed by atoms with Gasteiger partial charge in [-0.25, -0.2) is 0 Å². The van der Waals surface area contributed by atoms with Gasteiger partial charge in [0.1, 0.15) is 0 Å². The summed E-state index contributed by atoms with van der Waals surface area (Å²) < 4.78 is 1.04. The molecule has 0 saturated heterocycles. The van der Waals surface area contributed by atoms with Crippen molar-refractivity contribution in [2.24, 2.45) is 11.8 Å². The van der Waals surface area contributed by atoms with E-state index in [1.165, 1.54) is 0 Å². The molecule has 2 amide bonds. The standard InChI is InChI=1S/C18H23BrN2O2/c1-11-10-15(8-9-16(11)19)21-18(23)13-4-2-12(3-5-13)17(22)20-14-6-7-14/h8-10,12-14H,2-7H2,1H3,(H,20,22)(H,21,23). The molecule has 5 heteroatoms. The molecule has 4 nitrogen and oxygen atoms in total. The van der Waals surface area contributed by atoms with Crippen LogP contribution in [0.4, 0.5) is 5.69 Å². The second-order valence-electron chi connectivity index (χ2n) is 6.78. The average Bonchev–Trinajstić information content (AvgIpc) is 3.35. The predicted molar refractivity (Wildman–Crippen MR) is 94.1 cm³/mol. The monoisotopic (exact) mass is 378 g/mol. The molecule has 1 aromatic carbocycles. The van der Waals surface area contributed by atoms with Crippen LogP contribution in [0.2, 0.25) is 0 Å². The normalized spacial score (nSPS) is 24.1. The Labute approximate surface area is 145 Å². The highest BCUT2D eigenvalue weighted by molar-refractivity contribution is 9.10. The summed E-state index contributed by atoms with van der Waals surface area (Å²) in [5.41, 5.74) is 1.94. The van der Waals surface area contributed by atoms with E-state index in [0.29, 0.717) is 6.04 Å². The first-order chi connectivity index (χ1) is 11.0. The smallest absolute Gasteiger partial charge is 0.227 e. The Hall–Kier alpha value is -1.36. The van der Waals surface area contributed by atoms with Crippen LogP contribution in [0.5, 0.6) is 0 Å². The molecule has 2 fully saturated rings. The third-order valence-electron chi connectivity index (χ3n) is 4.82. The molecule has 0 aliphatic heterocycles. The fourth-order valence-corrected chi connectivity index (χ4v) is 3.38. The van der Waals surface area contributed by atoms with Crippen molar-refractivity contribution in [1.29, 1.82) is 0 Å². The van der Waals surface area contributed by atoms with Crippen LogP contribution >= 0.6 is 15.9 Å². The molecular weight excluding hydrogens is 356 g/mol. The maximum atomic E-state index is 12.4. The van der Waals surface area contributed by atoms with Gasteiger partial charge in [-0.1, -0.05) is 15.9 Å². The minimum atomic E-state index is 0.0175. The second-order valence-corrected chi connectivity index (χ2v) is 7.64. The van der Waals surface area contributed by atoms with Crippen LogP contribution in [0.1, 0.15) is 44.1 Å². The summed E-state index contributed by atoms with van der Waals surface area (Å²) in [6.07, 6.45) is 5.46. The largest absolute Gasteiger partial charge is 0.353 e. The zero-order valence-electron chi connectivity index (χ0n) is 13.4. The molecule has 0 atom stereocenters. The molecule has 124 valence electrons. The molecule has 2 saturated carbocycles. The maximum Gasteiger partial charge on any atom is 0.227 e. The van der Waals surface area contributed by atoms with Crippen molar-refractivity contribution in [3.05, 3.63) is 28.2 Å². The zero-order chi connectivity index (χ0) is 16.4. The Morgan fingerprint density at radius 3 is 2.17 bits per heavy atom. The minimum Gasteiger partial charge on any atom is -0.353 e. The summed E-state index contributed by atoms with van der Waals surface area (Å²) >= 11 is 3.46. The number of rotatable bonds is 4. The molecule has 2 aliphatic rings. The quantitative estimate of drug-likeness (QED) is 0.837. The Morgan fingerprint density at radius 1 is 1.00 bits per heavy atom. The van der Waals surface area contributed by atoms with Gasteiger partial charge in [0, 0.05) is 28.0 Å². The van der Waals surface area contributed by atoms with Gasteiger partial charge in [0.2, 0.25) is 11.8 Å². The molecule has 0 heterocycles. The highest BCUT2D eigenvalue weighted by Crippen LogP contribution is 2.31. The molecule has 0 bridgehead atoms. The molecule has 2 N–H and O–H groups in total. The second kappa shape index (κ2) is 7.04. The molecule has 0 unspecified atom stereocenters. The van der Waals surface area contributed by atoms with Crippen molar-refractivity contribution in [3.63, 3.8) is 0 Å². The summed E-state index contributed by atoms with van der Waals surface area (Å²) in [6.45, 7) is 2.00. The summed E-state index contributed by atoms with van der Waals surface area (Å²) in [5.74, 6) is 0.376. The number of carbonyl (C=O) groups excluding carboxylic acids is 2. The van der Waals surface area contributed by atoms with E-state index in [1.807, 2.05) is 25.1 Å². The van der Waals surface area contributed by atoms with Crippen LogP contribution in [-0.4, -0.2) is 17.9 Å². The van der Waals surface area contributed by atoms with Gasteiger partial charge in [-0.15, -0.1) is 0 Å². The third-order valence-corrected chi connectivity index (χ3v) is 5.71. The SMILES string of the molecule is Cc1cc(NC(=O)C2CCC(C(=O)NC3CC3)CC2)ccc1Br. The van der Waals surface area contributed by atoms with Crippen LogP contribution in [0.15, 0.2) is 22.7 Å². The van der Waals surface area contributed by atoms with Crippen molar-refractivity contribution < 1.29 is 9.59 Å². The lowest BCUT2D eigenvalue weighted by molar-refractivity contribution is -0.128. The highest BCUT2D eigenvalue weighted by Gasteiger charge is 2.32. The van der Waals surface area contributed by atoms with Gasteiger partial charge in [-0.3, -0.25) is 9.59 Å². The van der Waals surface area contributed by atoms with E-state index in [4.69, 9.17) is 0 Å². The number of hydrogen-bond acceptors (Lipinski definition) is 2. The van der Waals surface area contributed by atoms with Crippen molar-refractivity contribution in [2.45, 2.75) is 51.5 Å². The average molecular weight is 379 g/mol. The predicted octanol–water partition coefficient (Wildman–Crippen LogP) is 3.78. The first-order valence-electron chi connectivity index (χ1n) is 8.40. The summed E-state index contributed by atoms with van der Waals surface area (Å²) in [7, 11) is 0. The van der Waals surface area contributed by atoms with E-state index in [1.54, 1.807) is 0 Å². The van der Waals surface area contributed by atoms with E-state index in [9.17, 15) is 9.59 Å². The Bertz CT molecular complexity index is 605. The summed E-state index contributed by atoms with van der Waals surface area (Å²) in [4.78, 5) is 24.5. The fourth-order valence-electron chi connectivity index (χ4n) is 3.13. The van der Waals surface area contributed by atoms with Crippen LogP contribution in [0.3, 0.4) is 0 Å². The topological polar surface area (TPSA) is 58.2 Å². The number of carbonyl (C=O) groups is 2. The molecule has 2 aliphatic carbocycles. The van der Waals surface area contributed by atoms with Crippen LogP contribution in [-0.2, 0) is 9.59 Å². The number of anilines is 1. The van der Waals surface area contributed by atoms with Crippen molar-refractivity contribution >= 4 is 33.4 Å². The lowest BCUT2D eigenvalue weighted by atomic mass is 9.81. The van der Waals surface area contributed by atoms with E-state index >= 15 is 0 Å². The number of nitrogens with one attached hydrogen (secondary N) is 2. The Balaban J connectivity index is 1.49. The molecule has 0 radical (unpaired) electrons. The number of benzene rings is 1. The van der Waals surface area contributed by atoms with Crippen molar-refractivity contribution in [2.75, 3.05) is 5.32 Å². The van der Waals surface area contributed by atoms with Gasteiger partial charge in [-0.2, -0.15) is 0 Å². The third kappa shape index (κ3) is 4.34. The van der Waals surface area contributed by atoms with Gasteiger partial charge < -0.3 is 10.6 Å². The van der Waals surface area contributed by atoms with Crippen LogP contribution in [0, 0.1) is 18.8 Å². The molecule has 1 aromatic rings. The van der Waals surface area contributed by atoms with E-state index in [0.717, 1.165) is 54.2 Å². The molecule has 0 aromatic heterocycles. The highest BCUT2D eigenvalue weighted by atomic mass is 79.9. The van der Waals surface area contributed by atoms with Gasteiger partial charge in [0.25, 0.3) is 0 Å². The summed E-state index contributed by atoms with van der Waals surface area (Å²) in [5, 5.41) is 6.08. The first-order valence-corrected chi connectivity index (χ1v) is 9.19. The Morgan fingerprint density at radius 2 is 1.61 bits per heavy atom. The molecule has 0 spiro atoms. The molecule has 3 rings (SSSR count). The molecule has 23 heavy (non-hydrogen) atoms. The van der Waals surface area contributed by atoms with Crippen molar-refractivity contribution in [3.8, 4) is 0 Å². The minimum absolute atomic E-state index is 0.0175. The number of halogens is 1. The molecular formula is C18H23BrN2O2. The number of amides is 2. The van der Waals surface area contributed by atoms with Gasteiger partial charge >= 0.3 is 0 Å².